The summed E-state index contributed by atoms with van der Waals surface area (Å²) in [5.41, 5.74) is 7.79. The largest absolute Gasteiger partial charge is 0.369 e. The van der Waals surface area contributed by atoms with E-state index in [0.29, 0.717) is 6.54 Å². The Morgan fingerprint density at radius 2 is 1.84 bits per heavy atom. The summed E-state index contributed by atoms with van der Waals surface area (Å²) in [5.74, 6) is -0.275. The van der Waals surface area contributed by atoms with Crippen LogP contribution in [0, 0.1) is 6.92 Å². The minimum atomic E-state index is -0.275. The molecule has 3 nitrogen and oxygen atoms in total. The van der Waals surface area contributed by atoms with E-state index in [2.05, 4.69) is 49.9 Å². The molecule has 0 aliphatic rings. The number of hydrogen-bond donors (Lipinski definition) is 1. The van der Waals surface area contributed by atoms with Gasteiger partial charge in [-0.2, -0.15) is 0 Å². The van der Waals surface area contributed by atoms with Crippen LogP contribution in [0.5, 0.6) is 0 Å². The number of carbonyl (C=O) groups is 1. The van der Waals surface area contributed by atoms with Crippen LogP contribution in [0.4, 0.5) is 0 Å². The lowest BCUT2D eigenvalue weighted by Gasteiger charge is -2.41. The minimum absolute atomic E-state index is 0.0997. The molecule has 0 radical (unpaired) electrons. The van der Waals surface area contributed by atoms with Gasteiger partial charge in [0.15, 0.2) is 0 Å². The highest BCUT2D eigenvalue weighted by Crippen LogP contribution is 2.35. The lowest BCUT2D eigenvalue weighted by molar-refractivity contribution is -0.120. The van der Waals surface area contributed by atoms with E-state index in [1.54, 1.807) is 0 Å². The van der Waals surface area contributed by atoms with Crippen LogP contribution in [-0.4, -0.2) is 24.4 Å². The van der Waals surface area contributed by atoms with Gasteiger partial charge in [-0.05, 0) is 32.4 Å². The Labute approximate surface area is 116 Å². The first-order chi connectivity index (χ1) is 8.96. The van der Waals surface area contributed by atoms with E-state index in [1.807, 2.05) is 7.05 Å². The van der Waals surface area contributed by atoms with Crippen LogP contribution in [0.25, 0.3) is 0 Å². The van der Waals surface area contributed by atoms with Gasteiger partial charge >= 0.3 is 0 Å². The molecule has 3 heteroatoms. The number of carbonyl (C=O) groups excluding carboxylic acids is 1. The lowest BCUT2D eigenvalue weighted by atomic mass is 9.81. The van der Waals surface area contributed by atoms with Gasteiger partial charge in [-0.15, -0.1) is 0 Å². The Bertz CT molecular complexity index is 413. The first kappa shape index (κ1) is 15.7. The second-order valence-corrected chi connectivity index (χ2v) is 5.32. The zero-order valence-corrected chi connectivity index (χ0v) is 12.6. The zero-order valence-electron chi connectivity index (χ0n) is 12.6. The summed E-state index contributed by atoms with van der Waals surface area (Å²) in [6.45, 7) is 6.73. The number of benzene rings is 1. The smallest absolute Gasteiger partial charge is 0.231 e. The van der Waals surface area contributed by atoms with Crippen molar-refractivity contribution >= 4 is 5.91 Å². The molecule has 0 heterocycles. The van der Waals surface area contributed by atoms with Crippen LogP contribution in [0.2, 0.25) is 0 Å². The molecule has 1 atom stereocenters. The quantitative estimate of drug-likeness (QED) is 0.821. The highest BCUT2D eigenvalue weighted by atomic mass is 16.1. The number of amides is 1. The maximum absolute atomic E-state index is 11.2. The number of aryl methyl sites for hydroxylation is 1. The highest BCUT2D eigenvalue weighted by Gasteiger charge is 2.34. The number of primary amides is 1. The van der Waals surface area contributed by atoms with E-state index in [-0.39, 0.29) is 11.4 Å². The average Bonchev–Trinajstić information content (AvgIpc) is 2.36. The maximum Gasteiger partial charge on any atom is 0.231 e. The molecule has 0 bridgehead atoms. The molecule has 0 saturated carbocycles. The molecule has 0 aliphatic heterocycles. The van der Waals surface area contributed by atoms with Crippen LogP contribution in [-0.2, 0) is 10.3 Å². The fourth-order valence-corrected chi connectivity index (χ4v) is 2.87. The van der Waals surface area contributed by atoms with Crippen molar-refractivity contribution in [3.05, 3.63) is 35.4 Å². The molecule has 1 aromatic carbocycles. The van der Waals surface area contributed by atoms with Gasteiger partial charge in [-0.3, -0.25) is 9.69 Å². The Morgan fingerprint density at radius 3 is 2.26 bits per heavy atom. The van der Waals surface area contributed by atoms with Gasteiger partial charge in [0.2, 0.25) is 5.91 Å². The Kier molecular flexibility index (Phi) is 5.55. The maximum atomic E-state index is 11.2. The van der Waals surface area contributed by atoms with E-state index in [1.165, 1.54) is 11.1 Å². The number of likely N-dealkylation sites (N-methyl/N-ethyl adjacent to an activating group) is 1. The molecule has 2 N–H and O–H groups in total. The number of hydrogen-bond acceptors (Lipinski definition) is 2. The third-order valence-electron chi connectivity index (χ3n) is 3.96. The topological polar surface area (TPSA) is 46.3 Å². The molecule has 1 amide bonds. The molecule has 1 rings (SSSR count). The second-order valence-electron chi connectivity index (χ2n) is 5.32. The van der Waals surface area contributed by atoms with Gasteiger partial charge in [0.05, 0.1) is 6.54 Å². The first-order valence-electron chi connectivity index (χ1n) is 7.03. The van der Waals surface area contributed by atoms with Crippen molar-refractivity contribution in [1.29, 1.82) is 0 Å². The van der Waals surface area contributed by atoms with Crippen molar-refractivity contribution in [2.45, 2.75) is 45.6 Å². The van der Waals surface area contributed by atoms with Crippen LogP contribution >= 0.6 is 0 Å². The summed E-state index contributed by atoms with van der Waals surface area (Å²) >= 11 is 0. The molecule has 0 aromatic heterocycles. The lowest BCUT2D eigenvalue weighted by Crippen LogP contribution is -2.47. The fourth-order valence-electron chi connectivity index (χ4n) is 2.87. The molecule has 0 spiro atoms. The van der Waals surface area contributed by atoms with Crippen molar-refractivity contribution in [2.24, 2.45) is 5.73 Å². The molecule has 0 aliphatic carbocycles. The summed E-state index contributed by atoms with van der Waals surface area (Å²) in [6, 6.07) is 8.61. The summed E-state index contributed by atoms with van der Waals surface area (Å²) in [7, 11) is 1.99. The van der Waals surface area contributed by atoms with Gasteiger partial charge in [0.1, 0.15) is 0 Å². The van der Waals surface area contributed by atoms with Crippen molar-refractivity contribution in [1.82, 2.24) is 4.90 Å². The van der Waals surface area contributed by atoms with Crippen LogP contribution < -0.4 is 5.73 Å². The Balaban J connectivity index is 3.17. The molecule has 106 valence electrons. The molecule has 0 saturated heterocycles. The minimum Gasteiger partial charge on any atom is -0.369 e. The van der Waals surface area contributed by atoms with Crippen LogP contribution in [0.3, 0.4) is 0 Å². The normalized spacial score (nSPS) is 14.4. The first-order valence-corrected chi connectivity index (χ1v) is 7.03. The van der Waals surface area contributed by atoms with E-state index in [9.17, 15) is 4.79 Å². The molecule has 1 unspecified atom stereocenters. The van der Waals surface area contributed by atoms with Crippen molar-refractivity contribution in [2.75, 3.05) is 13.6 Å². The van der Waals surface area contributed by atoms with E-state index < -0.39 is 0 Å². The van der Waals surface area contributed by atoms with Gasteiger partial charge in [0.25, 0.3) is 0 Å². The highest BCUT2D eigenvalue weighted by molar-refractivity contribution is 5.76. The molecule has 19 heavy (non-hydrogen) atoms. The van der Waals surface area contributed by atoms with Crippen molar-refractivity contribution < 1.29 is 4.79 Å². The number of nitrogens with zero attached hydrogens (tertiary/aromatic N) is 1. The molecule has 0 fully saturated rings. The third kappa shape index (κ3) is 3.57. The van der Waals surface area contributed by atoms with Crippen LogP contribution in [0.1, 0.15) is 44.2 Å². The molecular weight excluding hydrogens is 236 g/mol. The van der Waals surface area contributed by atoms with Crippen molar-refractivity contribution in [3.8, 4) is 0 Å². The predicted octanol–water partition coefficient (Wildman–Crippen LogP) is 2.82. The Morgan fingerprint density at radius 1 is 1.26 bits per heavy atom. The zero-order chi connectivity index (χ0) is 14.5. The summed E-state index contributed by atoms with van der Waals surface area (Å²) < 4.78 is 0. The van der Waals surface area contributed by atoms with Gasteiger partial charge in [-0.25, -0.2) is 0 Å². The monoisotopic (exact) mass is 262 g/mol. The third-order valence-corrected chi connectivity index (χ3v) is 3.96. The Hall–Kier alpha value is -1.35. The van der Waals surface area contributed by atoms with Crippen molar-refractivity contribution in [3.63, 3.8) is 0 Å². The average molecular weight is 262 g/mol. The number of nitrogens with two attached hydrogens (primary N) is 1. The second kappa shape index (κ2) is 6.71. The predicted molar refractivity (Wildman–Crippen MR) is 79.9 cm³/mol. The summed E-state index contributed by atoms with van der Waals surface area (Å²) in [5, 5.41) is 0. The van der Waals surface area contributed by atoms with Gasteiger partial charge in [0, 0.05) is 5.54 Å². The van der Waals surface area contributed by atoms with Crippen LogP contribution in [0.15, 0.2) is 24.3 Å². The van der Waals surface area contributed by atoms with Gasteiger partial charge < -0.3 is 5.73 Å². The standard InChI is InChI=1S/C16H26N2O/c1-5-11-16(6-2,18(4)12-15(17)19)14-9-7-13(3)8-10-14/h7-10H,5-6,11-12H2,1-4H3,(H2,17,19). The summed E-state index contributed by atoms with van der Waals surface area (Å²) in [4.78, 5) is 13.3. The molecular formula is C16H26N2O. The summed E-state index contributed by atoms with van der Waals surface area (Å²) in [6.07, 6.45) is 3.06. The number of rotatable bonds is 7. The molecule has 1 aromatic rings. The van der Waals surface area contributed by atoms with E-state index >= 15 is 0 Å². The van der Waals surface area contributed by atoms with E-state index in [4.69, 9.17) is 5.73 Å². The fraction of sp³-hybridized carbons (Fsp3) is 0.562. The van der Waals surface area contributed by atoms with Gasteiger partial charge in [-0.1, -0.05) is 50.1 Å². The SMILES string of the molecule is CCCC(CC)(c1ccc(C)cc1)N(C)CC(N)=O. The van der Waals surface area contributed by atoms with E-state index in [0.717, 1.165) is 19.3 Å².